The van der Waals surface area contributed by atoms with Crippen LogP contribution < -0.4 is 4.74 Å². The number of hydrogen-bond donors (Lipinski definition) is 0. The van der Waals surface area contributed by atoms with Gasteiger partial charge in [-0.25, -0.2) is 0 Å². The van der Waals surface area contributed by atoms with Crippen molar-refractivity contribution in [3.05, 3.63) is 60.2 Å². The van der Waals surface area contributed by atoms with Crippen molar-refractivity contribution in [3.8, 4) is 11.5 Å². The molecule has 19 heavy (non-hydrogen) atoms. The summed E-state index contributed by atoms with van der Waals surface area (Å²) in [6.45, 7) is 0. The molecule has 2 aromatic carbocycles. The summed E-state index contributed by atoms with van der Waals surface area (Å²) in [5, 5.41) is 0. The fraction of sp³-hybridized carbons (Fsp3) is 0.125. The van der Waals surface area contributed by atoms with Gasteiger partial charge in [0.15, 0.2) is 5.78 Å². The van der Waals surface area contributed by atoms with Crippen LogP contribution in [0.4, 0.5) is 0 Å². The third-order valence-electron chi connectivity index (χ3n) is 2.64. The normalized spacial score (nSPS) is 9.89. The summed E-state index contributed by atoms with van der Waals surface area (Å²) in [7, 11) is 0. The molecule has 0 amide bonds. The predicted octanol–water partition coefficient (Wildman–Crippen LogP) is 3.64. The first-order chi connectivity index (χ1) is 9.29. The van der Waals surface area contributed by atoms with Gasteiger partial charge in [0.1, 0.15) is 17.8 Å². The Kier molecular flexibility index (Phi) is 4.45. The average Bonchev–Trinajstić information content (AvgIpc) is 2.46. The highest BCUT2D eigenvalue weighted by molar-refractivity contribution is 5.96. The number of ketones is 1. The van der Waals surface area contributed by atoms with Crippen molar-refractivity contribution >= 4 is 12.1 Å². The van der Waals surface area contributed by atoms with Gasteiger partial charge in [0.25, 0.3) is 0 Å². The fourth-order valence-corrected chi connectivity index (χ4v) is 1.67. The number of ether oxygens (including phenoxy) is 1. The first-order valence-electron chi connectivity index (χ1n) is 6.09. The lowest BCUT2D eigenvalue weighted by atomic mass is 10.1. The van der Waals surface area contributed by atoms with Crippen molar-refractivity contribution in [2.24, 2.45) is 0 Å². The maximum absolute atomic E-state index is 11.7. The molecule has 0 N–H and O–H groups in total. The largest absolute Gasteiger partial charge is 0.457 e. The van der Waals surface area contributed by atoms with Crippen LogP contribution in [0.15, 0.2) is 54.6 Å². The molecule has 0 fully saturated rings. The van der Waals surface area contributed by atoms with Crippen molar-refractivity contribution in [3.63, 3.8) is 0 Å². The van der Waals surface area contributed by atoms with Crippen molar-refractivity contribution in [2.75, 3.05) is 0 Å². The number of carbonyl (C=O) groups is 2. The quantitative estimate of drug-likeness (QED) is 0.584. The second-order valence-electron chi connectivity index (χ2n) is 4.07. The van der Waals surface area contributed by atoms with Gasteiger partial charge in [-0.3, -0.25) is 4.79 Å². The van der Waals surface area contributed by atoms with E-state index in [1.807, 2.05) is 30.3 Å². The number of rotatable bonds is 6. The molecule has 0 atom stereocenters. The Morgan fingerprint density at radius 1 is 0.947 bits per heavy atom. The van der Waals surface area contributed by atoms with E-state index in [1.165, 1.54) is 0 Å². The van der Waals surface area contributed by atoms with E-state index in [4.69, 9.17) is 4.74 Å². The number of benzene rings is 2. The summed E-state index contributed by atoms with van der Waals surface area (Å²) in [5.41, 5.74) is 0.599. The molecule has 0 aromatic heterocycles. The van der Waals surface area contributed by atoms with Crippen molar-refractivity contribution in [1.82, 2.24) is 0 Å². The third kappa shape index (κ3) is 3.78. The van der Waals surface area contributed by atoms with Crippen LogP contribution in [0.2, 0.25) is 0 Å². The Morgan fingerprint density at radius 3 is 2.21 bits per heavy atom. The molecule has 2 aromatic rings. The maximum Gasteiger partial charge on any atom is 0.163 e. The minimum Gasteiger partial charge on any atom is -0.457 e. The van der Waals surface area contributed by atoms with E-state index in [-0.39, 0.29) is 18.6 Å². The molecule has 0 aliphatic carbocycles. The number of carbonyl (C=O) groups excluding carboxylic acids is 2. The van der Waals surface area contributed by atoms with Crippen molar-refractivity contribution < 1.29 is 14.3 Å². The van der Waals surface area contributed by atoms with Crippen LogP contribution >= 0.6 is 0 Å². The molecule has 0 saturated heterocycles. The minimum atomic E-state index is -0.0293. The average molecular weight is 254 g/mol. The van der Waals surface area contributed by atoms with E-state index in [0.29, 0.717) is 11.3 Å². The summed E-state index contributed by atoms with van der Waals surface area (Å²) in [5.74, 6) is 1.40. The van der Waals surface area contributed by atoms with Crippen LogP contribution in [0.1, 0.15) is 23.2 Å². The minimum absolute atomic E-state index is 0.0293. The smallest absolute Gasteiger partial charge is 0.163 e. The van der Waals surface area contributed by atoms with Crippen LogP contribution in [-0.4, -0.2) is 12.1 Å². The molecule has 2 rings (SSSR count). The zero-order chi connectivity index (χ0) is 13.5. The predicted molar refractivity (Wildman–Crippen MR) is 72.6 cm³/mol. The Bertz CT molecular complexity index is 544. The molecule has 0 radical (unpaired) electrons. The molecule has 3 nitrogen and oxygen atoms in total. The van der Waals surface area contributed by atoms with E-state index in [2.05, 4.69) is 0 Å². The topological polar surface area (TPSA) is 43.4 Å². The van der Waals surface area contributed by atoms with Crippen LogP contribution in [0.25, 0.3) is 0 Å². The first-order valence-corrected chi connectivity index (χ1v) is 6.09. The highest BCUT2D eigenvalue weighted by Gasteiger charge is 2.05. The van der Waals surface area contributed by atoms with Gasteiger partial charge in [-0.05, 0) is 36.4 Å². The Balaban J connectivity index is 2.02. The fourth-order valence-electron chi connectivity index (χ4n) is 1.67. The second-order valence-corrected chi connectivity index (χ2v) is 4.07. The Labute approximate surface area is 111 Å². The molecule has 0 aliphatic heterocycles. The van der Waals surface area contributed by atoms with Gasteiger partial charge in [0.2, 0.25) is 0 Å². The van der Waals surface area contributed by atoms with Gasteiger partial charge in [0, 0.05) is 18.4 Å². The molecular formula is C16H14O3. The van der Waals surface area contributed by atoms with Gasteiger partial charge in [0.05, 0.1) is 0 Å². The number of Topliss-reactive ketones (excluding diaryl/α,β-unsaturated/α-hetero) is 1. The second kappa shape index (κ2) is 6.50. The first kappa shape index (κ1) is 13.0. The molecule has 0 bridgehead atoms. The van der Waals surface area contributed by atoms with Gasteiger partial charge in [-0.15, -0.1) is 0 Å². The summed E-state index contributed by atoms with van der Waals surface area (Å²) in [6, 6.07) is 16.4. The van der Waals surface area contributed by atoms with Crippen molar-refractivity contribution in [2.45, 2.75) is 12.8 Å². The van der Waals surface area contributed by atoms with Crippen LogP contribution in [0.5, 0.6) is 11.5 Å². The summed E-state index contributed by atoms with van der Waals surface area (Å²) in [4.78, 5) is 21.9. The lowest BCUT2D eigenvalue weighted by molar-refractivity contribution is -0.107. The van der Waals surface area contributed by atoms with Crippen LogP contribution in [0, 0.1) is 0 Å². The SMILES string of the molecule is O=CCCC(=O)c1ccc(Oc2ccccc2)cc1. The molecule has 0 saturated carbocycles. The number of para-hydroxylation sites is 1. The van der Waals surface area contributed by atoms with E-state index >= 15 is 0 Å². The van der Waals surface area contributed by atoms with E-state index in [1.54, 1.807) is 24.3 Å². The summed E-state index contributed by atoms with van der Waals surface area (Å²) >= 11 is 0. The molecule has 0 spiro atoms. The molecule has 0 unspecified atom stereocenters. The Morgan fingerprint density at radius 2 is 1.58 bits per heavy atom. The molecule has 3 heteroatoms. The standard InChI is InChI=1S/C16H14O3/c17-12-4-7-16(18)13-8-10-15(11-9-13)19-14-5-2-1-3-6-14/h1-3,5-6,8-12H,4,7H2. The van der Waals surface area contributed by atoms with E-state index in [9.17, 15) is 9.59 Å². The van der Waals surface area contributed by atoms with Gasteiger partial charge >= 0.3 is 0 Å². The van der Waals surface area contributed by atoms with Gasteiger partial charge < -0.3 is 9.53 Å². The number of hydrogen-bond acceptors (Lipinski definition) is 3. The lowest BCUT2D eigenvalue weighted by Crippen LogP contribution is -1.98. The lowest BCUT2D eigenvalue weighted by Gasteiger charge is -2.06. The van der Waals surface area contributed by atoms with Crippen LogP contribution in [-0.2, 0) is 4.79 Å². The molecule has 96 valence electrons. The zero-order valence-corrected chi connectivity index (χ0v) is 10.4. The maximum atomic E-state index is 11.7. The molecule has 0 aliphatic rings. The molecular weight excluding hydrogens is 240 g/mol. The molecule has 0 heterocycles. The highest BCUT2D eigenvalue weighted by Crippen LogP contribution is 2.21. The zero-order valence-electron chi connectivity index (χ0n) is 10.4. The van der Waals surface area contributed by atoms with Gasteiger partial charge in [-0.1, -0.05) is 18.2 Å². The van der Waals surface area contributed by atoms with Crippen LogP contribution in [0.3, 0.4) is 0 Å². The summed E-state index contributed by atoms with van der Waals surface area (Å²) < 4.78 is 5.63. The monoisotopic (exact) mass is 254 g/mol. The Hall–Kier alpha value is -2.42. The van der Waals surface area contributed by atoms with E-state index < -0.39 is 0 Å². The van der Waals surface area contributed by atoms with Crippen molar-refractivity contribution in [1.29, 1.82) is 0 Å². The summed E-state index contributed by atoms with van der Waals surface area (Å²) in [6.07, 6.45) is 1.27. The van der Waals surface area contributed by atoms with Gasteiger partial charge in [-0.2, -0.15) is 0 Å². The number of aldehydes is 1. The van der Waals surface area contributed by atoms with E-state index in [0.717, 1.165) is 12.0 Å². The highest BCUT2D eigenvalue weighted by atomic mass is 16.5. The third-order valence-corrected chi connectivity index (χ3v) is 2.64.